The molecule has 1 aliphatic rings. The van der Waals surface area contributed by atoms with Crippen molar-refractivity contribution in [3.63, 3.8) is 0 Å². The molecule has 0 aromatic rings. The number of Topliss-reactive ketones (excluding diaryl/α,β-unsaturated/α-hetero) is 1. The molecule has 0 amide bonds. The van der Waals surface area contributed by atoms with Crippen molar-refractivity contribution in [2.45, 2.75) is 51.5 Å². The molecule has 2 nitrogen and oxygen atoms in total. The number of hydrogen-bond acceptors (Lipinski definition) is 2. The van der Waals surface area contributed by atoms with Gasteiger partial charge in [0, 0.05) is 5.92 Å². The Bertz CT molecular complexity index is 202. The van der Waals surface area contributed by atoms with Crippen LogP contribution in [0.25, 0.3) is 0 Å². The van der Waals surface area contributed by atoms with Crippen molar-refractivity contribution in [1.82, 2.24) is 4.90 Å². The van der Waals surface area contributed by atoms with Gasteiger partial charge in [-0.1, -0.05) is 33.1 Å². The summed E-state index contributed by atoms with van der Waals surface area (Å²) < 4.78 is 0. The lowest BCUT2D eigenvalue weighted by molar-refractivity contribution is -0.135. The molecule has 0 spiro atoms. The minimum Gasteiger partial charge on any atom is -0.297 e. The van der Waals surface area contributed by atoms with E-state index in [2.05, 4.69) is 4.90 Å². The Labute approximate surface area is 87.7 Å². The topological polar surface area (TPSA) is 20.3 Å². The fraction of sp³-hybridized carbons (Fsp3) is 0.917. The lowest BCUT2D eigenvalue weighted by atomic mass is 9.74. The number of nitrogens with zero attached hydrogens (tertiary/aromatic N) is 1. The predicted octanol–water partition coefficient (Wildman–Crippen LogP) is 2.48. The van der Waals surface area contributed by atoms with Crippen LogP contribution in [0.1, 0.15) is 46.0 Å². The summed E-state index contributed by atoms with van der Waals surface area (Å²) in [5.74, 6) is 0.595. The Morgan fingerprint density at radius 2 is 1.64 bits per heavy atom. The van der Waals surface area contributed by atoms with Crippen LogP contribution in [0.2, 0.25) is 0 Å². The Hall–Kier alpha value is -0.370. The first-order valence-corrected chi connectivity index (χ1v) is 5.72. The van der Waals surface area contributed by atoms with Crippen molar-refractivity contribution in [2.24, 2.45) is 5.92 Å². The average Bonchev–Trinajstić information content (AvgIpc) is 2.17. The standard InChI is InChI=1S/C12H23NO/c1-10(2)11(14)12(13(3)4)8-6-5-7-9-12/h10H,5-9H2,1-4H3. The smallest absolute Gasteiger partial charge is 0.155 e. The first-order valence-electron chi connectivity index (χ1n) is 5.72. The molecule has 1 rings (SSSR count). The van der Waals surface area contributed by atoms with Gasteiger partial charge in [0.2, 0.25) is 0 Å². The molecule has 82 valence electrons. The predicted molar refractivity (Wildman–Crippen MR) is 59.3 cm³/mol. The van der Waals surface area contributed by atoms with Gasteiger partial charge in [0.15, 0.2) is 5.78 Å². The molecular formula is C12H23NO. The summed E-state index contributed by atoms with van der Waals surface area (Å²) in [5, 5.41) is 0. The number of rotatable bonds is 3. The third-order valence-corrected chi connectivity index (χ3v) is 3.52. The van der Waals surface area contributed by atoms with Crippen LogP contribution < -0.4 is 0 Å². The van der Waals surface area contributed by atoms with Gasteiger partial charge in [0.25, 0.3) is 0 Å². The van der Waals surface area contributed by atoms with E-state index in [1.54, 1.807) is 0 Å². The Morgan fingerprint density at radius 3 is 2.00 bits per heavy atom. The van der Waals surface area contributed by atoms with Crippen molar-refractivity contribution in [3.05, 3.63) is 0 Å². The van der Waals surface area contributed by atoms with E-state index < -0.39 is 0 Å². The SMILES string of the molecule is CC(C)C(=O)C1(N(C)C)CCCCC1. The Kier molecular flexibility index (Phi) is 3.71. The highest BCUT2D eigenvalue weighted by Crippen LogP contribution is 2.34. The molecule has 2 heteroatoms. The summed E-state index contributed by atoms with van der Waals surface area (Å²) in [7, 11) is 4.09. The van der Waals surface area contributed by atoms with Gasteiger partial charge in [0.05, 0.1) is 5.54 Å². The molecule has 0 aromatic heterocycles. The first-order chi connectivity index (χ1) is 6.50. The third kappa shape index (κ3) is 2.00. The zero-order chi connectivity index (χ0) is 10.8. The zero-order valence-corrected chi connectivity index (χ0v) is 9.97. The molecule has 0 N–H and O–H groups in total. The summed E-state index contributed by atoms with van der Waals surface area (Å²) in [6.07, 6.45) is 5.81. The summed E-state index contributed by atoms with van der Waals surface area (Å²) in [4.78, 5) is 14.4. The minimum absolute atomic E-state index is 0.146. The van der Waals surface area contributed by atoms with Crippen molar-refractivity contribution in [3.8, 4) is 0 Å². The van der Waals surface area contributed by atoms with Crippen LogP contribution in [0.15, 0.2) is 0 Å². The van der Waals surface area contributed by atoms with E-state index in [4.69, 9.17) is 0 Å². The maximum atomic E-state index is 12.2. The second-order valence-corrected chi connectivity index (χ2v) is 5.01. The van der Waals surface area contributed by atoms with Crippen LogP contribution in [-0.4, -0.2) is 30.3 Å². The normalized spacial score (nSPS) is 21.6. The largest absolute Gasteiger partial charge is 0.297 e. The third-order valence-electron chi connectivity index (χ3n) is 3.52. The monoisotopic (exact) mass is 197 g/mol. The molecule has 0 saturated heterocycles. The molecule has 0 unspecified atom stereocenters. The number of likely N-dealkylation sites (N-methyl/N-ethyl adjacent to an activating group) is 1. The fourth-order valence-electron chi connectivity index (χ4n) is 2.59. The lowest BCUT2D eigenvalue weighted by Crippen LogP contribution is -2.53. The molecule has 0 aromatic carbocycles. The average molecular weight is 197 g/mol. The molecular weight excluding hydrogens is 174 g/mol. The second kappa shape index (κ2) is 4.43. The number of carbonyl (C=O) groups is 1. The number of carbonyl (C=O) groups excluding carboxylic acids is 1. The van der Waals surface area contributed by atoms with Crippen LogP contribution >= 0.6 is 0 Å². The minimum atomic E-state index is -0.146. The van der Waals surface area contributed by atoms with Gasteiger partial charge in [-0.25, -0.2) is 0 Å². The second-order valence-electron chi connectivity index (χ2n) is 5.01. The molecule has 0 aliphatic heterocycles. The van der Waals surface area contributed by atoms with E-state index in [0.29, 0.717) is 5.78 Å². The van der Waals surface area contributed by atoms with Gasteiger partial charge in [-0.05, 0) is 26.9 Å². The van der Waals surface area contributed by atoms with Crippen LogP contribution in [-0.2, 0) is 4.79 Å². The molecule has 0 heterocycles. The van der Waals surface area contributed by atoms with Crippen molar-refractivity contribution in [2.75, 3.05) is 14.1 Å². The van der Waals surface area contributed by atoms with E-state index in [1.807, 2.05) is 27.9 Å². The molecule has 0 atom stereocenters. The molecule has 1 aliphatic carbocycles. The van der Waals surface area contributed by atoms with E-state index in [9.17, 15) is 4.79 Å². The summed E-state index contributed by atoms with van der Waals surface area (Å²) in [6, 6.07) is 0. The number of hydrogen-bond donors (Lipinski definition) is 0. The highest BCUT2D eigenvalue weighted by atomic mass is 16.1. The number of ketones is 1. The molecule has 0 radical (unpaired) electrons. The van der Waals surface area contributed by atoms with Gasteiger partial charge < -0.3 is 0 Å². The van der Waals surface area contributed by atoms with Crippen molar-refractivity contribution < 1.29 is 4.79 Å². The summed E-state index contributed by atoms with van der Waals surface area (Å²) in [6.45, 7) is 4.03. The maximum Gasteiger partial charge on any atom is 0.155 e. The van der Waals surface area contributed by atoms with Crippen LogP contribution in [0.5, 0.6) is 0 Å². The van der Waals surface area contributed by atoms with E-state index in [-0.39, 0.29) is 11.5 Å². The van der Waals surface area contributed by atoms with Gasteiger partial charge in [-0.15, -0.1) is 0 Å². The van der Waals surface area contributed by atoms with E-state index >= 15 is 0 Å². The molecule has 1 saturated carbocycles. The van der Waals surface area contributed by atoms with Crippen molar-refractivity contribution >= 4 is 5.78 Å². The quantitative estimate of drug-likeness (QED) is 0.692. The van der Waals surface area contributed by atoms with Crippen molar-refractivity contribution in [1.29, 1.82) is 0 Å². The van der Waals surface area contributed by atoms with Crippen LogP contribution in [0.3, 0.4) is 0 Å². The highest BCUT2D eigenvalue weighted by molar-refractivity contribution is 5.90. The molecule has 0 bridgehead atoms. The Morgan fingerprint density at radius 1 is 1.14 bits per heavy atom. The zero-order valence-electron chi connectivity index (χ0n) is 9.97. The maximum absolute atomic E-state index is 12.2. The van der Waals surface area contributed by atoms with Gasteiger partial charge in [-0.2, -0.15) is 0 Å². The fourth-order valence-corrected chi connectivity index (χ4v) is 2.59. The van der Waals surface area contributed by atoms with Gasteiger partial charge >= 0.3 is 0 Å². The van der Waals surface area contributed by atoms with E-state index in [1.165, 1.54) is 19.3 Å². The summed E-state index contributed by atoms with van der Waals surface area (Å²) in [5.41, 5.74) is -0.146. The highest BCUT2D eigenvalue weighted by Gasteiger charge is 2.41. The summed E-state index contributed by atoms with van der Waals surface area (Å²) >= 11 is 0. The molecule has 14 heavy (non-hydrogen) atoms. The lowest BCUT2D eigenvalue weighted by Gasteiger charge is -2.42. The van der Waals surface area contributed by atoms with Gasteiger partial charge in [0.1, 0.15) is 0 Å². The van der Waals surface area contributed by atoms with E-state index in [0.717, 1.165) is 12.8 Å². The first kappa shape index (κ1) is 11.7. The van der Waals surface area contributed by atoms with Crippen LogP contribution in [0, 0.1) is 5.92 Å². The molecule has 1 fully saturated rings. The Balaban J connectivity index is 2.85. The van der Waals surface area contributed by atoms with Gasteiger partial charge in [-0.3, -0.25) is 9.69 Å². The van der Waals surface area contributed by atoms with Crippen LogP contribution in [0.4, 0.5) is 0 Å².